The summed E-state index contributed by atoms with van der Waals surface area (Å²) in [4.78, 5) is 10.7. The summed E-state index contributed by atoms with van der Waals surface area (Å²) in [7, 11) is -4.54. The van der Waals surface area contributed by atoms with Crippen LogP contribution in [0.3, 0.4) is 0 Å². The van der Waals surface area contributed by atoms with Gasteiger partial charge >= 0.3 is 12.2 Å². The van der Waals surface area contributed by atoms with Gasteiger partial charge in [0.2, 0.25) is 0 Å². The summed E-state index contributed by atoms with van der Waals surface area (Å²) in [5.74, 6) is 0. The Balaban J connectivity index is 2.52. The van der Waals surface area contributed by atoms with Crippen molar-refractivity contribution in [2.75, 3.05) is 6.54 Å². The molecule has 0 aromatic heterocycles. The van der Waals surface area contributed by atoms with Crippen molar-refractivity contribution in [3.63, 3.8) is 0 Å². The number of alkyl halides is 3. The van der Waals surface area contributed by atoms with Gasteiger partial charge in [0.15, 0.2) is 9.84 Å². The zero-order chi connectivity index (χ0) is 16.8. The number of hydrogen-bond donors (Lipinski definition) is 3. The van der Waals surface area contributed by atoms with E-state index in [0.717, 1.165) is 17.7 Å². The van der Waals surface area contributed by atoms with Crippen molar-refractivity contribution in [3.05, 3.63) is 29.8 Å². The molecule has 1 aromatic rings. The quantitative estimate of drug-likeness (QED) is 0.740. The van der Waals surface area contributed by atoms with E-state index in [0.29, 0.717) is 0 Å². The number of carbonyl (C=O) groups excluding carboxylic acids is 1. The maximum Gasteiger partial charge on any atom is 0.438 e. The molecule has 6 nitrogen and oxygen atoms in total. The largest absolute Gasteiger partial charge is 0.438 e. The lowest BCUT2D eigenvalue weighted by Gasteiger charge is -2.40. The molecule has 0 saturated carbocycles. The summed E-state index contributed by atoms with van der Waals surface area (Å²) in [5, 5.41) is 10.7. The molecule has 0 bridgehead atoms. The second-order valence-electron chi connectivity index (χ2n) is 4.95. The fourth-order valence-electron chi connectivity index (χ4n) is 2.11. The van der Waals surface area contributed by atoms with Crippen LogP contribution in [0.2, 0.25) is 0 Å². The number of rotatable bonds is 2. The SMILES string of the molecule is Cc1ccc(S(=O)(=O)[C@@H]2CNC(=O)N[C@@]2(O)C(F)(F)F)cc1. The zero-order valence-electron chi connectivity index (χ0n) is 11.3. The van der Waals surface area contributed by atoms with Crippen LogP contribution >= 0.6 is 0 Å². The summed E-state index contributed by atoms with van der Waals surface area (Å²) in [6.07, 6.45) is -5.35. The van der Waals surface area contributed by atoms with E-state index in [9.17, 15) is 31.5 Å². The fraction of sp³-hybridized carbons (Fsp3) is 0.417. The number of hydrogen-bond acceptors (Lipinski definition) is 4. The highest BCUT2D eigenvalue weighted by Gasteiger charge is 2.65. The number of amides is 2. The molecule has 22 heavy (non-hydrogen) atoms. The monoisotopic (exact) mass is 338 g/mol. The molecule has 122 valence electrons. The van der Waals surface area contributed by atoms with E-state index in [-0.39, 0.29) is 4.90 Å². The summed E-state index contributed by atoms with van der Waals surface area (Å²) in [6.45, 7) is 0.822. The van der Waals surface area contributed by atoms with Gasteiger partial charge in [-0.05, 0) is 19.1 Å². The molecule has 1 heterocycles. The van der Waals surface area contributed by atoms with E-state index >= 15 is 0 Å². The summed E-state index contributed by atoms with van der Waals surface area (Å²) >= 11 is 0. The van der Waals surface area contributed by atoms with E-state index in [1.54, 1.807) is 6.92 Å². The molecule has 2 atom stereocenters. The average molecular weight is 338 g/mol. The van der Waals surface area contributed by atoms with Crippen LogP contribution in [0.4, 0.5) is 18.0 Å². The van der Waals surface area contributed by atoms with E-state index in [2.05, 4.69) is 0 Å². The summed E-state index contributed by atoms with van der Waals surface area (Å²) in [5.41, 5.74) is -3.14. The third-order valence-corrected chi connectivity index (χ3v) is 5.56. The Morgan fingerprint density at radius 1 is 1.27 bits per heavy atom. The zero-order valence-corrected chi connectivity index (χ0v) is 12.1. The first-order valence-corrected chi connectivity index (χ1v) is 7.69. The van der Waals surface area contributed by atoms with Crippen LogP contribution in [0.25, 0.3) is 0 Å². The van der Waals surface area contributed by atoms with Crippen molar-refractivity contribution in [2.24, 2.45) is 0 Å². The minimum absolute atomic E-state index is 0.372. The number of aryl methyl sites for hydroxylation is 1. The Hall–Kier alpha value is -1.81. The normalized spacial score (nSPS) is 26.2. The molecule has 2 amide bonds. The van der Waals surface area contributed by atoms with Crippen LogP contribution in [0.1, 0.15) is 5.56 Å². The number of nitrogens with one attached hydrogen (secondary N) is 2. The van der Waals surface area contributed by atoms with E-state index in [1.807, 2.05) is 5.32 Å². The molecule has 1 aliphatic heterocycles. The van der Waals surface area contributed by atoms with E-state index in [4.69, 9.17) is 0 Å². The van der Waals surface area contributed by atoms with Crippen molar-refractivity contribution in [3.8, 4) is 0 Å². The Morgan fingerprint density at radius 3 is 2.32 bits per heavy atom. The molecular formula is C12H13F3N2O4S. The van der Waals surface area contributed by atoms with E-state index in [1.165, 1.54) is 17.4 Å². The molecule has 1 aliphatic rings. The Kier molecular flexibility index (Phi) is 3.86. The van der Waals surface area contributed by atoms with Crippen molar-refractivity contribution >= 4 is 15.9 Å². The smallest absolute Gasteiger partial charge is 0.362 e. The van der Waals surface area contributed by atoms with Crippen LogP contribution in [0.5, 0.6) is 0 Å². The highest BCUT2D eigenvalue weighted by atomic mass is 32.2. The summed E-state index contributed by atoms with van der Waals surface area (Å²) < 4.78 is 64.1. The number of sulfone groups is 1. The lowest BCUT2D eigenvalue weighted by molar-refractivity contribution is -0.270. The van der Waals surface area contributed by atoms with Crippen LogP contribution < -0.4 is 10.6 Å². The van der Waals surface area contributed by atoms with Gasteiger partial charge in [-0.15, -0.1) is 0 Å². The van der Waals surface area contributed by atoms with Gasteiger partial charge in [-0.1, -0.05) is 17.7 Å². The fourth-order valence-corrected chi connectivity index (χ4v) is 3.90. The molecule has 0 unspecified atom stereocenters. The Bertz CT molecular complexity index is 687. The third-order valence-electron chi connectivity index (χ3n) is 3.37. The molecule has 1 saturated heterocycles. The second-order valence-corrected chi connectivity index (χ2v) is 7.08. The molecule has 0 radical (unpaired) electrons. The van der Waals surface area contributed by atoms with Crippen molar-refractivity contribution in [1.29, 1.82) is 0 Å². The lowest BCUT2D eigenvalue weighted by atomic mass is 10.1. The van der Waals surface area contributed by atoms with Crippen molar-refractivity contribution < 1.29 is 31.5 Å². The van der Waals surface area contributed by atoms with Crippen molar-refractivity contribution in [1.82, 2.24) is 10.6 Å². The molecule has 2 rings (SSSR count). The molecule has 10 heteroatoms. The maximum absolute atomic E-state index is 13.1. The first kappa shape index (κ1) is 16.6. The number of carbonyl (C=O) groups is 1. The van der Waals surface area contributed by atoms with Gasteiger partial charge in [-0.25, -0.2) is 13.2 Å². The predicted octanol–water partition coefficient (Wildman–Crippen LogP) is 0.701. The average Bonchev–Trinajstić information content (AvgIpc) is 2.37. The molecule has 3 N–H and O–H groups in total. The highest BCUT2D eigenvalue weighted by Crippen LogP contribution is 2.37. The molecule has 1 fully saturated rings. The third kappa shape index (κ3) is 2.63. The van der Waals surface area contributed by atoms with Gasteiger partial charge in [0.1, 0.15) is 5.25 Å². The maximum atomic E-state index is 13.1. The van der Waals surface area contributed by atoms with E-state index < -0.39 is 39.6 Å². The second kappa shape index (κ2) is 5.13. The number of aliphatic hydroxyl groups is 1. The van der Waals surface area contributed by atoms with Crippen LogP contribution in [-0.2, 0) is 9.84 Å². The van der Waals surface area contributed by atoms with Gasteiger partial charge in [0, 0.05) is 6.54 Å². The van der Waals surface area contributed by atoms with Gasteiger partial charge in [0.05, 0.1) is 4.90 Å². The first-order chi connectivity index (χ1) is 9.98. The Labute approximate surface area is 124 Å². The number of halogens is 3. The summed E-state index contributed by atoms with van der Waals surface area (Å²) in [6, 6.07) is 3.86. The molecule has 0 spiro atoms. The van der Waals surface area contributed by atoms with Gasteiger partial charge in [-0.2, -0.15) is 13.2 Å². The topological polar surface area (TPSA) is 95.5 Å². The number of urea groups is 1. The first-order valence-electron chi connectivity index (χ1n) is 6.14. The van der Waals surface area contributed by atoms with Crippen LogP contribution in [0.15, 0.2) is 29.2 Å². The molecule has 1 aromatic carbocycles. The van der Waals surface area contributed by atoms with Crippen LogP contribution in [0, 0.1) is 6.92 Å². The standard InChI is InChI=1S/C12H13F3N2O4S/c1-7-2-4-8(5-3-7)22(20,21)9-6-16-10(18)17-11(9,19)12(13,14)15/h2-5,9,19H,6H2,1H3,(H2,16,17,18)/t9-,11+/m1/s1. The molecular weight excluding hydrogens is 325 g/mol. The van der Waals surface area contributed by atoms with Gasteiger partial charge in [0.25, 0.3) is 5.72 Å². The molecule has 0 aliphatic carbocycles. The highest BCUT2D eigenvalue weighted by molar-refractivity contribution is 7.92. The van der Waals surface area contributed by atoms with Crippen molar-refractivity contribution in [2.45, 2.75) is 29.0 Å². The Morgan fingerprint density at radius 2 is 1.82 bits per heavy atom. The predicted molar refractivity (Wildman–Crippen MR) is 69.7 cm³/mol. The number of benzene rings is 1. The van der Waals surface area contributed by atoms with Gasteiger partial charge in [-0.3, -0.25) is 0 Å². The van der Waals surface area contributed by atoms with Crippen LogP contribution in [-0.4, -0.2) is 43.3 Å². The lowest BCUT2D eigenvalue weighted by Crippen LogP contribution is -2.74. The minimum atomic E-state index is -5.35. The van der Waals surface area contributed by atoms with Gasteiger partial charge < -0.3 is 15.7 Å². The minimum Gasteiger partial charge on any atom is -0.362 e.